The summed E-state index contributed by atoms with van der Waals surface area (Å²) in [5, 5.41) is 3.37. The maximum atomic E-state index is 13.9. The third-order valence-electron chi connectivity index (χ3n) is 6.57. The van der Waals surface area contributed by atoms with Gasteiger partial charge in [-0.2, -0.15) is 0 Å². The molecule has 1 N–H and O–H groups in total. The highest BCUT2D eigenvalue weighted by molar-refractivity contribution is 7.80. The van der Waals surface area contributed by atoms with Gasteiger partial charge in [0, 0.05) is 24.4 Å². The summed E-state index contributed by atoms with van der Waals surface area (Å²) in [6.45, 7) is 5.37. The van der Waals surface area contributed by atoms with E-state index in [2.05, 4.69) is 48.4 Å². The second kappa shape index (κ2) is 10.3. The number of aryl methyl sites for hydroxylation is 1. The smallest absolute Gasteiger partial charge is 0.123 e. The molecule has 0 radical (unpaired) electrons. The van der Waals surface area contributed by atoms with E-state index in [1.807, 2.05) is 24.5 Å². The SMILES string of the molecule is CCCC(C)(c1cccc(F)c1)C1(/C=C/C(=S)NCCCCc2cccnc2)CC1. The van der Waals surface area contributed by atoms with Crippen molar-refractivity contribution in [1.29, 1.82) is 0 Å². The quantitative estimate of drug-likeness (QED) is 0.251. The minimum atomic E-state index is -0.155. The van der Waals surface area contributed by atoms with Crippen LogP contribution in [0, 0.1) is 11.2 Å². The van der Waals surface area contributed by atoms with Crippen LogP contribution in [0.25, 0.3) is 0 Å². The minimum Gasteiger partial charge on any atom is -0.376 e. The van der Waals surface area contributed by atoms with Crippen molar-refractivity contribution in [2.45, 2.75) is 64.2 Å². The first-order valence-corrected chi connectivity index (χ1v) is 11.5. The van der Waals surface area contributed by atoms with Gasteiger partial charge in [0.2, 0.25) is 0 Å². The van der Waals surface area contributed by atoms with Crippen molar-refractivity contribution in [3.63, 3.8) is 0 Å². The highest BCUT2D eigenvalue weighted by atomic mass is 32.1. The van der Waals surface area contributed by atoms with Crippen molar-refractivity contribution in [2.75, 3.05) is 6.54 Å². The van der Waals surface area contributed by atoms with Crippen molar-refractivity contribution in [1.82, 2.24) is 10.3 Å². The van der Waals surface area contributed by atoms with Crippen LogP contribution in [-0.4, -0.2) is 16.5 Å². The number of pyridine rings is 1. The van der Waals surface area contributed by atoms with Crippen molar-refractivity contribution < 1.29 is 4.39 Å². The molecule has 1 heterocycles. The molecule has 4 heteroatoms. The third-order valence-corrected chi connectivity index (χ3v) is 6.85. The Hall–Kier alpha value is -2.07. The Morgan fingerprint density at radius 2 is 2.10 bits per heavy atom. The molecule has 3 rings (SSSR count). The number of halogens is 1. The van der Waals surface area contributed by atoms with Gasteiger partial charge in [0.25, 0.3) is 0 Å². The number of hydrogen-bond acceptors (Lipinski definition) is 2. The first-order chi connectivity index (χ1) is 14.5. The lowest BCUT2D eigenvalue weighted by atomic mass is 9.66. The standard InChI is InChI=1S/C26H33FN2S/c1-3-13-25(2,22-10-6-11-23(27)19-22)26(15-16-26)14-12-24(30)29-18-5-4-8-21-9-7-17-28-20-21/h6-7,9-12,14,17,19-20H,3-5,8,13,15-16,18H2,1-2H3,(H,29,30)/b14-12+. The summed E-state index contributed by atoms with van der Waals surface area (Å²) in [7, 11) is 0. The Morgan fingerprint density at radius 3 is 2.77 bits per heavy atom. The number of unbranched alkanes of at least 4 members (excludes halogenated alkanes) is 1. The Kier molecular flexibility index (Phi) is 7.76. The van der Waals surface area contributed by atoms with E-state index in [9.17, 15) is 4.39 Å². The van der Waals surface area contributed by atoms with Gasteiger partial charge < -0.3 is 5.32 Å². The first kappa shape index (κ1) is 22.6. The van der Waals surface area contributed by atoms with Gasteiger partial charge in [0.15, 0.2) is 0 Å². The molecule has 1 aliphatic rings. The van der Waals surface area contributed by atoms with Gasteiger partial charge in [-0.1, -0.05) is 56.8 Å². The van der Waals surface area contributed by atoms with Crippen molar-refractivity contribution in [3.8, 4) is 0 Å². The van der Waals surface area contributed by atoms with Gasteiger partial charge >= 0.3 is 0 Å². The molecule has 1 unspecified atom stereocenters. The third kappa shape index (κ3) is 5.54. The van der Waals surface area contributed by atoms with Gasteiger partial charge in [-0.25, -0.2) is 4.39 Å². The maximum absolute atomic E-state index is 13.9. The fraction of sp³-hybridized carbons (Fsp3) is 0.462. The molecule has 1 aromatic carbocycles. The molecule has 0 saturated heterocycles. The lowest BCUT2D eigenvalue weighted by molar-refractivity contribution is 0.299. The molecule has 1 aromatic heterocycles. The number of aromatic nitrogens is 1. The van der Waals surface area contributed by atoms with Gasteiger partial charge in [-0.15, -0.1) is 0 Å². The zero-order valence-corrected chi connectivity index (χ0v) is 19.0. The van der Waals surface area contributed by atoms with Gasteiger partial charge in [0.05, 0.1) is 4.99 Å². The summed E-state index contributed by atoms with van der Waals surface area (Å²) in [6, 6.07) is 11.2. The zero-order valence-electron chi connectivity index (χ0n) is 18.2. The van der Waals surface area contributed by atoms with E-state index in [1.165, 1.54) is 11.6 Å². The second-order valence-electron chi connectivity index (χ2n) is 8.69. The second-order valence-corrected chi connectivity index (χ2v) is 9.13. The fourth-order valence-corrected chi connectivity index (χ4v) is 4.73. The molecule has 1 saturated carbocycles. The average molecular weight is 425 g/mol. The van der Waals surface area contributed by atoms with Gasteiger partial charge in [0.1, 0.15) is 5.82 Å². The zero-order chi connectivity index (χ0) is 21.5. The van der Waals surface area contributed by atoms with E-state index in [0.717, 1.165) is 62.0 Å². The monoisotopic (exact) mass is 424 g/mol. The van der Waals surface area contributed by atoms with Crippen LogP contribution >= 0.6 is 12.2 Å². The molecule has 0 bridgehead atoms. The summed E-state index contributed by atoms with van der Waals surface area (Å²) in [5.41, 5.74) is 2.38. The molecule has 1 aliphatic carbocycles. The normalized spacial score (nSPS) is 16.9. The number of rotatable bonds is 11. The molecule has 2 aromatic rings. The van der Waals surface area contributed by atoms with Crippen LogP contribution in [0.5, 0.6) is 0 Å². The molecule has 1 atom stereocenters. The van der Waals surface area contributed by atoms with Crippen molar-refractivity contribution in [2.24, 2.45) is 5.41 Å². The molecule has 0 amide bonds. The Labute approximate surface area is 186 Å². The van der Waals surface area contributed by atoms with E-state index >= 15 is 0 Å². The average Bonchev–Trinajstić information content (AvgIpc) is 3.55. The van der Waals surface area contributed by atoms with Crippen LogP contribution in [0.15, 0.2) is 60.9 Å². The number of allylic oxidation sites excluding steroid dienone is 1. The molecule has 160 valence electrons. The Bertz CT molecular complexity index is 860. The summed E-state index contributed by atoms with van der Waals surface area (Å²) < 4.78 is 13.9. The molecule has 0 spiro atoms. The maximum Gasteiger partial charge on any atom is 0.123 e. The van der Waals surface area contributed by atoms with E-state index in [-0.39, 0.29) is 16.6 Å². The number of benzene rings is 1. The summed E-state index contributed by atoms with van der Waals surface area (Å²) >= 11 is 5.55. The molecular weight excluding hydrogens is 391 g/mol. The Balaban J connectivity index is 1.53. The first-order valence-electron chi connectivity index (χ1n) is 11.1. The predicted octanol–water partition coefficient (Wildman–Crippen LogP) is 6.55. The van der Waals surface area contributed by atoms with Gasteiger partial charge in [-0.05, 0) is 79.3 Å². The molecule has 0 aliphatic heterocycles. The van der Waals surface area contributed by atoms with E-state index in [1.54, 1.807) is 6.07 Å². The van der Waals surface area contributed by atoms with Crippen molar-refractivity contribution in [3.05, 3.63) is 77.9 Å². The van der Waals surface area contributed by atoms with E-state index in [4.69, 9.17) is 12.2 Å². The van der Waals surface area contributed by atoms with Crippen LogP contribution in [0.2, 0.25) is 0 Å². The van der Waals surface area contributed by atoms with Crippen LogP contribution in [0.4, 0.5) is 4.39 Å². The van der Waals surface area contributed by atoms with Crippen LogP contribution in [-0.2, 0) is 11.8 Å². The van der Waals surface area contributed by atoms with E-state index < -0.39 is 0 Å². The van der Waals surface area contributed by atoms with Crippen molar-refractivity contribution >= 4 is 17.2 Å². The van der Waals surface area contributed by atoms with Gasteiger partial charge in [-0.3, -0.25) is 4.98 Å². The fourth-order valence-electron chi connectivity index (χ4n) is 4.56. The Morgan fingerprint density at radius 1 is 1.27 bits per heavy atom. The summed E-state index contributed by atoms with van der Waals surface area (Å²) in [6.07, 6.45) is 15.7. The van der Waals surface area contributed by atoms with Crippen LogP contribution < -0.4 is 5.32 Å². The largest absolute Gasteiger partial charge is 0.376 e. The molecule has 30 heavy (non-hydrogen) atoms. The topological polar surface area (TPSA) is 24.9 Å². The molecular formula is C26H33FN2S. The minimum absolute atomic E-state index is 0.0698. The van der Waals surface area contributed by atoms with Crippen LogP contribution in [0.3, 0.4) is 0 Å². The van der Waals surface area contributed by atoms with Crippen LogP contribution in [0.1, 0.15) is 63.5 Å². The lowest BCUT2D eigenvalue weighted by Gasteiger charge is -2.37. The predicted molar refractivity (Wildman–Crippen MR) is 127 cm³/mol. The highest BCUT2D eigenvalue weighted by Crippen LogP contribution is 2.62. The number of thiocarbonyl (C=S) groups is 1. The molecule has 2 nitrogen and oxygen atoms in total. The lowest BCUT2D eigenvalue weighted by Crippen LogP contribution is -2.33. The highest BCUT2D eigenvalue weighted by Gasteiger charge is 2.55. The van der Waals surface area contributed by atoms with E-state index in [0.29, 0.717) is 0 Å². The number of hydrogen-bond donors (Lipinski definition) is 1. The number of nitrogens with one attached hydrogen (secondary N) is 1. The summed E-state index contributed by atoms with van der Waals surface area (Å²) in [4.78, 5) is 4.95. The number of nitrogens with zero attached hydrogens (tertiary/aromatic N) is 1. The molecule has 1 fully saturated rings. The summed E-state index contributed by atoms with van der Waals surface area (Å²) in [5.74, 6) is -0.155.